The van der Waals surface area contributed by atoms with Gasteiger partial charge in [0.05, 0.1) is 0 Å². The van der Waals surface area contributed by atoms with Crippen LogP contribution in [0.1, 0.15) is 18.4 Å². The summed E-state index contributed by atoms with van der Waals surface area (Å²) >= 11 is 6.07. The zero-order chi connectivity index (χ0) is 14.5. The van der Waals surface area contributed by atoms with E-state index >= 15 is 0 Å². The van der Waals surface area contributed by atoms with Crippen LogP contribution in [-0.2, 0) is 21.3 Å². The molecule has 0 radical (unpaired) electrons. The van der Waals surface area contributed by atoms with E-state index in [1.54, 1.807) is 18.4 Å². The van der Waals surface area contributed by atoms with E-state index in [0.717, 1.165) is 37.2 Å². The van der Waals surface area contributed by atoms with E-state index in [1.807, 2.05) is 6.07 Å². The normalized spacial score (nSPS) is 16.9. The Labute approximate surface area is 138 Å². The first-order chi connectivity index (χ1) is 9.56. The molecule has 2 N–H and O–H groups in total. The van der Waals surface area contributed by atoms with Gasteiger partial charge in [0.25, 0.3) is 0 Å². The van der Waals surface area contributed by atoms with Gasteiger partial charge in [0.15, 0.2) is 0 Å². The summed E-state index contributed by atoms with van der Waals surface area (Å²) in [5, 5.41) is 6.75. The molecule has 4 nitrogen and oxygen atoms in total. The van der Waals surface area contributed by atoms with Crippen LogP contribution in [-0.4, -0.2) is 29.5 Å². The van der Waals surface area contributed by atoms with Crippen molar-refractivity contribution < 1.29 is 9.00 Å². The van der Waals surface area contributed by atoms with E-state index in [-0.39, 0.29) is 24.2 Å². The maximum absolute atomic E-state index is 12.2. The van der Waals surface area contributed by atoms with Crippen molar-refractivity contribution in [3.63, 3.8) is 0 Å². The van der Waals surface area contributed by atoms with Crippen LogP contribution < -0.4 is 10.6 Å². The summed E-state index contributed by atoms with van der Waals surface area (Å²) in [5.41, 5.74) is 1.52. The highest BCUT2D eigenvalue weighted by Crippen LogP contribution is 2.23. The molecule has 1 atom stereocenters. The van der Waals surface area contributed by atoms with E-state index < -0.39 is 10.8 Å². The van der Waals surface area contributed by atoms with Gasteiger partial charge in [-0.05, 0) is 49.7 Å². The van der Waals surface area contributed by atoms with Gasteiger partial charge in [0, 0.05) is 39.4 Å². The molecule has 1 aromatic carbocycles. The third-order valence-corrected chi connectivity index (χ3v) is 4.47. The van der Waals surface area contributed by atoms with Crippen molar-refractivity contribution in [3.8, 4) is 0 Å². The predicted octanol–water partition coefficient (Wildman–Crippen LogP) is 2.58. The summed E-state index contributed by atoms with van der Waals surface area (Å²) in [6, 6.07) is 5.33. The first-order valence-corrected chi connectivity index (χ1v) is 8.77. The standard InChI is InChI=1S/C14H19ClN2O2S.ClH/c1-20(19)9-11-8-12(2-3-13(11)15)17-14(18)10-4-6-16-7-5-10;/h2-3,8,10,16H,4-7,9H2,1H3,(H,17,18);1H. The lowest BCUT2D eigenvalue weighted by atomic mass is 9.97. The summed E-state index contributed by atoms with van der Waals surface area (Å²) in [6.07, 6.45) is 3.37. The fourth-order valence-electron chi connectivity index (χ4n) is 2.31. The van der Waals surface area contributed by atoms with Crippen LogP contribution in [0.5, 0.6) is 0 Å². The molecule has 1 fully saturated rings. The predicted molar refractivity (Wildman–Crippen MR) is 90.7 cm³/mol. The molecule has 0 spiro atoms. The molecule has 1 aliphatic heterocycles. The summed E-state index contributed by atoms with van der Waals surface area (Å²) in [7, 11) is -0.957. The average molecular weight is 351 g/mol. The molecule has 1 amide bonds. The number of amides is 1. The minimum Gasteiger partial charge on any atom is -0.326 e. The van der Waals surface area contributed by atoms with E-state index in [4.69, 9.17) is 11.6 Å². The lowest BCUT2D eigenvalue weighted by Gasteiger charge is -2.22. The van der Waals surface area contributed by atoms with Crippen molar-refractivity contribution in [1.82, 2.24) is 5.32 Å². The Balaban J connectivity index is 0.00000220. The number of anilines is 1. The quantitative estimate of drug-likeness (QED) is 0.877. The fourth-order valence-corrected chi connectivity index (χ4v) is 3.25. The molecule has 118 valence electrons. The van der Waals surface area contributed by atoms with Gasteiger partial charge in [0.2, 0.25) is 5.91 Å². The second kappa shape index (κ2) is 8.73. The molecule has 7 heteroatoms. The highest BCUT2D eigenvalue weighted by molar-refractivity contribution is 7.83. The van der Waals surface area contributed by atoms with Crippen LogP contribution in [0.3, 0.4) is 0 Å². The number of carbonyl (C=O) groups excluding carboxylic acids is 1. The molecule has 1 aliphatic rings. The number of rotatable bonds is 4. The van der Waals surface area contributed by atoms with Gasteiger partial charge in [-0.2, -0.15) is 0 Å². The highest BCUT2D eigenvalue weighted by atomic mass is 35.5. The van der Waals surface area contributed by atoms with Crippen LogP contribution in [0, 0.1) is 5.92 Å². The van der Waals surface area contributed by atoms with E-state index in [9.17, 15) is 9.00 Å². The number of halogens is 2. The highest BCUT2D eigenvalue weighted by Gasteiger charge is 2.21. The van der Waals surface area contributed by atoms with Crippen molar-refractivity contribution in [2.75, 3.05) is 24.7 Å². The van der Waals surface area contributed by atoms with Crippen LogP contribution in [0.2, 0.25) is 5.02 Å². The molecule has 1 aromatic rings. The van der Waals surface area contributed by atoms with Crippen molar-refractivity contribution in [2.45, 2.75) is 18.6 Å². The summed E-state index contributed by atoms with van der Waals surface area (Å²) < 4.78 is 11.3. The number of nitrogens with one attached hydrogen (secondary N) is 2. The smallest absolute Gasteiger partial charge is 0.227 e. The van der Waals surface area contributed by atoms with E-state index in [1.165, 1.54) is 0 Å². The molecule has 21 heavy (non-hydrogen) atoms. The minimum absolute atomic E-state index is 0. The molecule has 1 heterocycles. The number of benzene rings is 1. The largest absolute Gasteiger partial charge is 0.326 e. The molecule has 2 rings (SSSR count). The van der Waals surface area contributed by atoms with Gasteiger partial charge >= 0.3 is 0 Å². The lowest BCUT2D eigenvalue weighted by molar-refractivity contribution is -0.120. The molecule has 1 saturated heterocycles. The molecule has 0 saturated carbocycles. The third-order valence-electron chi connectivity index (χ3n) is 3.38. The second-order valence-electron chi connectivity index (χ2n) is 5.04. The summed E-state index contributed by atoms with van der Waals surface area (Å²) in [4.78, 5) is 12.2. The Morgan fingerprint density at radius 3 is 2.71 bits per heavy atom. The van der Waals surface area contributed by atoms with Crippen molar-refractivity contribution in [2.24, 2.45) is 5.92 Å². The van der Waals surface area contributed by atoms with Gasteiger partial charge in [-0.25, -0.2) is 0 Å². The van der Waals surface area contributed by atoms with Crippen molar-refractivity contribution in [3.05, 3.63) is 28.8 Å². The Morgan fingerprint density at radius 1 is 1.43 bits per heavy atom. The second-order valence-corrected chi connectivity index (χ2v) is 6.88. The number of hydrogen-bond donors (Lipinski definition) is 2. The van der Waals surface area contributed by atoms with Crippen molar-refractivity contribution >= 4 is 46.4 Å². The molecular formula is C14H20Cl2N2O2S. The number of hydrogen-bond acceptors (Lipinski definition) is 3. The van der Waals surface area contributed by atoms with E-state index in [0.29, 0.717) is 10.8 Å². The minimum atomic E-state index is -0.957. The van der Waals surface area contributed by atoms with Crippen LogP contribution >= 0.6 is 24.0 Å². The van der Waals surface area contributed by atoms with E-state index in [2.05, 4.69) is 10.6 Å². The lowest BCUT2D eigenvalue weighted by Crippen LogP contribution is -2.34. The molecule has 0 aromatic heterocycles. The molecule has 0 aliphatic carbocycles. The Hall–Kier alpha value is -0.620. The monoisotopic (exact) mass is 350 g/mol. The van der Waals surface area contributed by atoms with Gasteiger partial charge in [0.1, 0.15) is 0 Å². The molecule has 0 bridgehead atoms. The molecular weight excluding hydrogens is 331 g/mol. The van der Waals surface area contributed by atoms with Crippen LogP contribution in [0.15, 0.2) is 18.2 Å². The first kappa shape index (κ1) is 18.4. The maximum atomic E-state index is 12.2. The average Bonchev–Trinajstić information content (AvgIpc) is 2.43. The van der Waals surface area contributed by atoms with Gasteiger partial charge in [-0.15, -0.1) is 12.4 Å². The van der Waals surface area contributed by atoms with Crippen molar-refractivity contribution in [1.29, 1.82) is 0 Å². The number of piperidine rings is 1. The Kier molecular flexibility index (Phi) is 7.66. The zero-order valence-corrected chi connectivity index (χ0v) is 14.2. The Bertz CT molecular complexity index is 520. The topological polar surface area (TPSA) is 58.2 Å². The molecule has 1 unspecified atom stereocenters. The fraction of sp³-hybridized carbons (Fsp3) is 0.500. The Morgan fingerprint density at radius 2 is 2.10 bits per heavy atom. The maximum Gasteiger partial charge on any atom is 0.227 e. The van der Waals surface area contributed by atoms with Crippen LogP contribution in [0.4, 0.5) is 5.69 Å². The van der Waals surface area contributed by atoms with Gasteiger partial charge in [-0.3, -0.25) is 9.00 Å². The SMILES string of the molecule is CS(=O)Cc1cc(NC(=O)C2CCNCC2)ccc1Cl.Cl. The summed E-state index contributed by atoms with van der Waals surface area (Å²) in [6.45, 7) is 1.78. The van der Waals surface area contributed by atoms with Gasteiger partial charge < -0.3 is 10.6 Å². The number of carbonyl (C=O) groups is 1. The zero-order valence-electron chi connectivity index (χ0n) is 11.9. The third kappa shape index (κ3) is 5.58. The van der Waals surface area contributed by atoms with Gasteiger partial charge in [-0.1, -0.05) is 11.6 Å². The summed E-state index contributed by atoms with van der Waals surface area (Å²) in [5.74, 6) is 0.517. The van der Waals surface area contributed by atoms with Crippen LogP contribution in [0.25, 0.3) is 0 Å². The first-order valence-electron chi connectivity index (χ1n) is 6.66.